The zero-order valence-corrected chi connectivity index (χ0v) is 10.9. The van der Waals surface area contributed by atoms with Gasteiger partial charge >= 0.3 is 0 Å². The number of carbonyl (C=O) groups excluding carboxylic acids is 1. The molecular weight excluding hydrogens is 198 g/mol. The molecule has 0 aromatic carbocycles. The molecule has 0 radical (unpaired) electrons. The fourth-order valence-corrected chi connectivity index (χ4v) is 2.89. The summed E-state index contributed by atoms with van der Waals surface area (Å²) in [5.41, 5.74) is 3.53. The van der Waals surface area contributed by atoms with Crippen molar-refractivity contribution in [1.29, 1.82) is 0 Å². The van der Waals surface area contributed by atoms with Crippen molar-refractivity contribution in [3.63, 3.8) is 0 Å². The van der Waals surface area contributed by atoms with Crippen LogP contribution in [0, 0.1) is 12.3 Å². The van der Waals surface area contributed by atoms with Crippen molar-refractivity contribution in [2.75, 3.05) is 0 Å². The van der Waals surface area contributed by atoms with E-state index in [1.54, 1.807) is 0 Å². The third kappa shape index (κ3) is 1.70. The Hall–Kier alpha value is -1.05. The highest BCUT2D eigenvalue weighted by molar-refractivity contribution is 5.99. The van der Waals surface area contributed by atoms with Crippen LogP contribution in [0.4, 0.5) is 0 Å². The predicted octanol–water partition coefficient (Wildman–Crippen LogP) is 3.53. The molecule has 2 rings (SSSR count). The summed E-state index contributed by atoms with van der Waals surface area (Å²) in [5, 5.41) is 0. The van der Waals surface area contributed by atoms with Gasteiger partial charge in [0.2, 0.25) is 0 Å². The van der Waals surface area contributed by atoms with Gasteiger partial charge in [-0.25, -0.2) is 0 Å². The number of ketones is 1. The molecule has 0 saturated carbocycles. The molecule has 0 unspecified atom stereocenters. The summed E-state index contributed by atoms with van der Waals surface area (Å²) in [5.74, 6) is 0.314. The number of aromatic nitrogens is 1. The van der Waals surface area contributed by atoms with Crippen molar-refractivity contribution >= 4 is 5.78 Å². The molecule has 0 bridgehead atoms. The second-order valence-corrected chi connectivity index (χ2v) is 6.05. The number of hydrogen-bond acceptors (Lipinski definition) is 1. The summed E-state index contributed by atoms with van der Waals surface area (Å²) in [6.07, 6.45) is 1.70. The maximum Gasteiger partial charge on any atom is 0.165 e. The van der Waals surface area contributed by atoms with Crippen LogP contribution in [0.5, 0.6) is 0 Å². The molecule has 0 spiro atoms. The first-order valence-corrected chi connectivity index (χ1v) is 6.06. The summed E-state index contributed by atoms with van der Waals surface area (Å²) in [6.45, 7) is 10.8. The molecule has 1 heterocycles. The Labute approximate surface area is 97.7 Å². The van der Waals surface area contributed by atoms with Crippen LogP contribution in [-0.2, 0) is 6.42 Å². The van der Waals surface area contributed by atoms with E-state index in [4.69, 9.17) is 0 Å². The Bertz CT molecular complexity index is 438. The van der Waals surface area contributed by atoms with E-state index in [-0.39, 0.29) is 5.41 Å². The maximum absolute atomic E-state index is 12.1. The lowest BCUT2D eigenvalue weighted by molar-refractivity contribution is 0.0909. The van der Waals surface area contributed by atoms with Gasteiger partial charge in [0.25, 0.3) is 0 Å². The van der Waals surface area contributed by atoms with Crippen LogP contribution in [-0.4, -0.2) is 10.4 Å². The Morgan fingerprint density at radius 2 is 1.94 bits per heavy atom. The molecule has 1 aliphatic carbocycles. The fraction of sp³-hybridized carbons (Fsp3) is 0.643. The Balaban J connectivity index is 2.58. The van der Waals surface area contributed by atoms with E-state index in [9.17, 15) is 4.79 Å². The predicted molar refractivity (Wildman–Crippen MR) is 66.0 cm³/mol. The topological polar surface area (TPSA) is 22.0 Å². The summed E-state index contributed by atoms with van der Waals surface area (Å²) >= 11 is 0. The average Bonchev–Trinajstić information content (AvgIpc) is 2.39. The Morgan fingerprint density at radius 1 is 1.31 bits per heavy atom. The van der Waals surface area contributed by atoms with Crippen LogP contribution in [0.25, 0.3) is 0 Å². The van der Waals surface area contributed by atoms with E-state index in [1.807, 2.05) is 0 Å². The van der Waals surface area contributed by atoms with E-state index in [1.165, 1.54) is 11.4 Å². The first-order valence-electron chi connectivity index (χ1n) is 6.06. The number of aryl methyl sites for hydroxylation is 1. The van der Waals surface area contributed by atoms with E-state index in [2.05, 4.69) is 45.3 Å². The highest BCUT2D eigenvalue weighted by atomic mass is 16.1. The number of hydrogen-bond donors (Lipinski definition) is 0. The van der Waals surface area contributed by atoms with Gasteiger partial charge in [-0.2, -0.15) is 0 Å². The van der Waals surface area contributed by atoms with Gasteiger partial charge in [-0.3, -0.25) is 4.79 Å². The van der Waals surface area contributed by atoms with Crippen molar-refractivity contribution < 1.29 is 4.79 Å². The minimum Gasteiger partial charge on any atom is -0.346 e. The molecule has 0 aliphatic heterocycles. The standard InChI is InChI=1S/C14H21NO/c1-9(2)15-10(3)6-11-12(15)7-14(4,5)8-13(11)16/h6,9H,7-8H2,1-5H3. The van der Waals surface area contributed by atoms with Crippen molar-refractivity contribution in [2.45, 2.75) is 53.5 Å². The van der Waals surface area contributed by atoms with E-state index >= 15 is 0 Å². The minimum absolute atomic E-state index is 0.113. The average molecular weight is 219 g/mol. The van der Waals surface area contributed by atoms with Crippen molar-refractivity contribution in [1.82, 2.24) is 4.57 Å². The molecule has 0 saturated heterocycles. The lowest BCUT2D eigenvalue weighted by Gasteiger charge is -2.30. The molecule has 0 fully saturated rings. The molecule has 0 atom stereocenters. The lowest BCUT2D eigenvalue weighted by atomic mass is 9.76. The Kier molecular flexibility index (Phi) is 2.48. The highest BCUT2D eigenvalue weighted by Crippen LogP contribution is 2.37. The first-order chi connectivity index (χ1) is 7.32. The first kappa shape index (κ1) is 11.4. The van der Waals surface area contributed by atoms with Crippen LogP contribution in [0.15, 0.2) is 6.07 Å². The number of rotatable bonds is 1. The van der Waals surface area contributed by atoms with Crippen molar-refractivity contribution in [3.05, 3.63) is 23.0 Å². The molecule has 88 valence electrons. The summed E-state index contributed by atoms with van der Waals surface area (Å²) in [6, 6.07) is 2.50. The van der Waals surface area contributed by atoms with Gasteiger partial charge < -0.3 is 4.57 Å². The molecule has 1 aromatic rings. The monoisotopic (exact) mass is 219 g/mol. The summed E-state index contributed by atoms with van der Waals surface area (Å²) in [7, 11) is 0. The van der Waals surface area contributed by atoms with Crippen LogP contribution in [0.1, 0.15) is 61.9 Å². The lowest BCUT2D eigenvalue weighted by Crippen LogP contribution is -2.28. The number of nitrogens with zero attached hydrogens (tertiary/aromatic N) is 1. The molecule has 1 aliphatic rings. The van der Waals surface area contributed by atoms with Crippen molar-refractivity contribution in [3.8, 4) is 0 Å². The second kappa shape index (κ2) is 3.47. The van der Waals surface area contributed by atoms with Gasteiger partial charge in [-0.05, 0) is 38.7 Å². The van der Waals surface area contributed by atoms with Gasteiger partial charge in [0.1, 0.15) is 0 Å². The molecule has 16 heavy (non-hydrogen) atoms. The van der Waals surface area contributed by atoms with Crippen LogP contribution in [0.3, 0.4) is 0 Å². The third-order valence-electron chi connectivity index (χ3n) is 3.44. The molecule has 2 heteroatoms. The number of fused-ring (bicyclic) bond motifs is 1. The van der Waals surface area contributed by atoms with E-state index in [0.29, 0.717) is 18.2 Å². The van der Waals surface area contributed by atoms with E-state index < -0.39 is 0 Å². The minimum atomic E-state index is 0.113. The van der Waals surface area contributed by atoms with Crippen LogP contribution < -0.4 is 0 Å². The largest absolute Gasteiger partial charge is 0.346 e. The van der Waals surface area contributed by atoms with Crippen LogP contribution >= 0.6 is 0 Å². The molecule has 0 amide bonds. The van der Waals surface area contributed by atoms with Gasteiger partial charge in [0, 0.05) is 29.4 Å². The summed E-state index contributed by atoms with van der Waals surface area (Å²) < 4.78 is 2.31. The zero-order chi connectivity index (χ0) is 12.1. The Morgan fingerprint density at radius 3 is 2.50 bits per heavy atom. The smallest absolute Gasteiger partial charge is 0.165 e. The third-order valence-corrected chi connectivity index (χ3v) is 3.44. The quantitative estimate of drug-likeness (QED) is 0.708. The molecular formula is C14H21NO. The molecule has 1 aromatic heterocycles. The SMILES string of the molecule is Cc1cc2c(n1C(C)C)CC(C)(C)CC2=O. The highest BCUT2D eigenvalue weighted by Gasteiger charge is 2.34. The van der Waals surface area contributed by atoms with Crippen LogP contribution in [0.2, 0.25) is 0 Å². The number of carbonyl (C=O) groups is 1. The van der Waals surface area contributed by atoms with Crippen molar-refractivity contribution in [2.24, 2.45) is 5.41 Å². The van der Waals surface area contributed by atoms with Gasteiger partial charge in [-0.15, -0.1) is 0 Å². The second-order valence-electron chi connectivity index (χ2n) is 6.05. The van der Waals surface area contributed by atoms with Gasteiger partial charge in [0.15, 0.2) is 5.78 Å². The van der Waals surface area contributed by atoms with Gasteiger partial charge in [0.05, 0.1) is 0 Å². The summed E-state index contributed by atoms with van der Waals surface area (Å²) in [4.78, 5) is 12.1. The van der Waals surface area contributed by atoms with Gasteiger partial charge in [-0.1, -0.05) is 13.8 Å². The van der Waals surface area contributed by atoms with E-state index in [0.717, 1.165) is 12.0 Å². The normalized spacial score (nSPS) is 19.0. The fourth-order valence-electron chi connectivity index (χ4n) is 2.89. The molecule has 0 N–H and O–H groups in total. The maximum atomic E-state index is 12.1. The number of Topliss-reactive ketones (excluding diaryl/α,β-unsaturated/α-hetero) is 1. The zero-order valence-electron chi connectivity index (χ0n) is 10.9. The molecule has 2 nitrogen and oxygen atoms in total.